The molecule has 4 rings (SSSR count). The highest BCUT2D eigenvalue weighted by molar-refractivity contribution is 6.35. The van der Waals surface area contributed by atoms with E-state index in [9.17, 15) is 9.18 Å². The number of H-pyrrole nitrogens is 2. The van der Waals surface area contributed by atoms with Crippen molar-refractivity contribution in [3.05, 3.63) is 40.6 Å². The van der Waals surface area contributed by atoms with E-state index in [1.807, 2.05) is 0 Å². The average Bonchev–Trinajstić information content (AvgIpc) is 3.18. The highest BCUT2D eigenvalue weighted by Crippen LogP contribution is 2.33. The first-order valence-electron chi connectivity index (χ1n) is 8.00. The number of nitrogens with one attached hydrogen (secondary N) is 2. The lowest BCUT2D eigenvalue weighted by Gasteiger charge is -2.34. The molecule has 0 aliphatic carbocycles. The molecule has 0 unspecified atom stereocenters. The molecule has 1 aliphatic heterocycles. The quantitative estimate of drug-likeness (QED) is 0.651. The fraction of sp³-hybridized carbons (Fsp3) is 0.312. The summed E-state index contributed by atoms with van der Waals surface area (Å²) in [5, 5.41) is 6.51. The Balaban J connectivity index is 1.70. The molecule has 25 heavy (non-hydrogen) atoms. The van der Waals surface area contributed by atoms with Gasteiger partial charge in [-0.3, -0.25) is 9.89 Å². The molecule has 0 bridgehead atoms. The molecule has 4 N–H and O–H groups in total. The van der Waals surface area contributed by atoms with Gasteiger partial charge in [0.25, 0.3) is 5.91 Å². The highest BCUT2D eigenvalue weighted by atomic mass is 35.5. The standard InChI is InChI=1S/C16H16ClFN6O/c17-12-13(22-23-14(12)19)16(25)24-6-2-1-3-11(24)15-20-9-5-4-8(18)7-10(9)21-15/h4-5,7,11H,1-3,6H2,(H,20,21)(H3,19,22,23)/t11-/m1/s1. The lowest BCUT2D eigenvalue weighted by molar-refractivity contribution is 0.0595. The molecule has 3 heterocycles. The molecule has 7 nitrogen and oxygen atoms in total. The largest absolute Gasteiger partial charge is 0.381 e. The Hall–Kier alpha value is -2.61. The van der Waals surface area contributed by atoms with Gasteiger partial charge in [0.05, 0.1) is 17.1 Å². The van der Waals surface area contributed by atoms with E-state index in [4.69, 9.17) is 17.3 Å². The summed E-state index contributed by atoms with van der Waals surface area (Å²) in [6, 6.07) is 4.14. The molecule has 1 atom stereocenters. The number of imidazole rings is 1. The van der Waals surface area contributed by atoms with Gasteiger partial charge in [0.15, 0.2) is 5.82 Å². The van der Waals surface area contributed by atoms with Crippen molar-refractivity contribution in [2.24, 2.45) is 0 Å². The van der Waals surface area contributed by atoms with E-state index in [0.29, 0.717) is 23.4 Å². The Kier molecular flexibility index (Phi) is 3.84. The summed E-state index contributed by atoms with van der Waals surface area (Å²) in [5.41, 5.74) is 7.07. The number of benzene rings is 1. The van der Waals surface area contributed by atoms with Crippen LogP contribution in [0.3, 0.4) is 0 Å². The van der Waals surface area contributed by atoms with E-state index in [-0.39, 0.29) is 34.3 Å². The second-order valence-electron chi connectivity index (χ2n) is 6.09. The number of amides is 1. The van der Waals surface area contributed by atoms with Crippen LogP contribution in [-0.4, -0.2) is 37.5 Å². The predicted molar refractivity (Wildman–Crippen MR) is 91.7 cm³/mol. The second kappa shape index (κ2) is 6.03. The van der Waals surface area contributed by atoms with Crippen LogP contribution in [0.2, 0.25) is 5.02 Å². The van der Waals surface area contributed by atoms with Gasteiger partial charge in [-0.05, 0) is 37.5 Å². The minimum absolute atomic E-state index is 0.0952. The number of rotatable bonds is 2. The minimum atomic E-state index is -0.334. The van der Waals surface area contributed by atoms with Crippen molar-refractivity contribution in [1.29, 1.82) is 0 Å². The van der Waals surface area contributed by atoms with Gasteiger partial charge >= 0.3 is 0 Å². The zero-order valence-electron chi connectivity index (χ0n) is 13.2. The first-order valence-corrected chi connectivity index (χ1v) is 8.38. The smallest absolute Gasteiger partial charge is 0.274 e. The first-order chi connectivity index (χ1) is 12.0. The monoisotopic (exact) mass is 362 g/mol. The molecule has 9 heteroatoms. The third-order valence-corrected chi connectivity index (χ3v) is 4.87. The summed E-state index contributed by atoms with van der Waals surface area (Å²) in [6.07, 6.45) is 2.62. The van der Waals surface area contributed by atoms with Crippen LogP contribution in [0.5, 0.6) is 0 Å². The summed E-state index contributed by atoms with van der Waals surface area (Å²) in [6.45, 7) is 0.574. The number of hydrogen-bond acceptors (Lipinski definition) is 4. The van der Waals surface area contributed by atoms with Crippen LogP contribution in [0.25, 0.3) is 11.0 Å². The van der Waals surface area contributed by atoms with Crippen molar-refractivity contribution in [1.82, 2.24) is 25.1 Å². The number of carbonyl (C=O) groups excluding carboxylic acids is 1. The zero-order chi connectivity index (χ0) is 17.6. The number of nitrogens with two attached hydrogens (primary N) is 1. The summed E-state index contributed by atoms with van der Waals surface area (Å²) in [5.74, 6) is 0.125. The lowest BCUT2D eigenvalue weighted by atomic mass is 10.0. The topological polar surface area (TPSA) is 104 Å². The fourth-order valence-electron chi connectivity index (χ4n) is 3.25. The van der Waals surface area contributed by atoms with E-state index in [0.717, 1.165) is 19.3 Å². The zero-order valence-corrected chi connectivity index (χ0v) is 14.0. The predicted octanol–water partition coefficient (Wildman–Crippen LogP) is 3.03. The Labute approximate surface area is 147 Å². The van der Waals surface area contributed by atoms with Gasteiger partial charge in [-0.1, -0.05) is 11.6 Å². The number of halogens is 2. The number of piperidine rings is 1. The number of anilines is 1. The number of hydrogen-bond donors (Lipinski definition) is 3. The first kappa shape index (κ1) is 15.9. The van der Waals surface area contributed by atoms with E-state index in [1.54, 1.807) is 11.0 Å². The van der Waals surface area contributed by atoms with Gasteiger partial charge in [-0.25, -0.2) is 9.37 Å². The van der Waals surface area contributed by atoms with Crippen molar-refractivity contribution in [2.45, 2.75) is 25.3 Å². The second-order valence-corrected chi connectivity index (χ2v) is 6.47. The Morgan fingerprint density at radius 2 is 2.24 bits per heavy atom. The Bertz CT molecular complexity index is 951. The SMILES string of the molecule is Nc1n[nH]c(C(=O)N2CCCC[C@@H]2c2nc3ccc(F)cc3[nH]2)c1Cl. The number of likely N-dealkylation sites (tertiary alicyclic amines) is 1. The molecule has 3 aromatic rings. The third kappa shape index (κ3) is 2.72. The number of aromatic amines is 2. The van der Waals surface area contributed by atoms with Crippen molar-refractivity contribution < 1.29 is 9.18 Å². The molecule has 1 amide bonds. The normalized spacial score (nSPS) is 18.0. The number of fused-ring (bicyclic) bond motifs is 1. The molecule has 1 aromatic carbocycles. The van der Waals surface area contributed by atoms with Crippen molar-refractivity contribution in [3.63, 3.8) is 0 Å². The molecular formula is C16H16ClFN6O. The molecule has 0 saturated carbocycles. The van der Waals surface area contributed by atoms with E-state index in [2.05, 4.69) is 20.2 Å². The number of carbonyl (C=O) groups is 1. The summed E-state index contributed by atoms with van der Waals surface area (Å²) >= 11 is 6.07. The summed E-state index contributed by atoms with van der Waals surface area (Å²) in [7, 11) is 0. The van der Waals surface area contributed by atoms with Crippen molar-refractivity contribution >= 4 is 34.4 Å². The molecular weight excluding hydrogens is 347 g/mol. The van der Waals surface area contributed by atoms with Crippen LogP contribution >= 0.6 is 11.6 Å². The number of aromatic nitrogens is 4. The molecule has 130 valence electrons. The van der Waals surface area contributed by atoms with Crippen LogP contribution in [0.4, 0.5) is 10.2 Å². The number of nitrogens with zero attached hydrogens (tertiary/aromatic N) is 3. The molecule has 0 spiro atoms. The maximum Gasteiger partial charge on any atom is 0.274 e. The maximum absolute atomic E-state index is 13.4. The maximum atomic E-state index is 13.4. The Morgan fingerprint density at radius 1 is 1.40 bits per heavy atom. The third-order valence-electron chi connectivity index (χ3n) is 4.49. The molecule has 1 aliphatic rings. The van der Waals surface area contributed by atoms with Crippen LogP contribution in [0, 0.1) is 5.82 Å². The fourth-order valence-corrected chi connectivity index (χ4v) is 3.41. The van der Waals surface area contributed by atoms with Gasteiger partial charge in [0.1, 0.15) is 22.4 Å². The molecule has 1 fully saturated rings. The van der Waals surface area contributed by atoms with Crippen molar-refractivity contribution in [3.8, 4) is 0 Å². The van der Waals surface area contributed by atoms with E-state index >= 15 is 0 Å². The lowest BCUT2D eigenvalue weighted by Crippen LogP contribution is -2.39. The molecule has 0 radical (unpaired) electrons. The van der Waals surface area contributed by atoms with Gasteiger partial charge in [0.2, 0.25) is 0 Å². The Morgan fingerprint density at radius 3 is 3.00 bits per heavy atom. The van der Waals surface area contributed by atoms with Crippen molar-refractivity contribution in [2.75, 3.05) is 12.3 Å². The summed E-state index contributed by atoms with van der Waals surface area (Å²) < 4.78 is 13.4. The molecule has 2 aromatic heterocycles. The van der Waals surface area contributed by atoms with E-state index in [1.165, 1.54) is 12.1 Å². The van der Waals surface area contributed by atoms with Gasteiger partial charge in [-0.15, -0.1) is 0 Å². The average molecular weight is 363 g/mol. The molecule has 1 saturated heterocycles. The van der Waals surface area contributed by atoms with E-state index < -0.39 is 0 Å². The van der Waals surface area contributed by atoms with Gasteiger partial charge in [0, 0.05) is 6.54 Å². The van der Waals surface area contributed by atoms with Gasteiger partial charge in [-0.2, -0.15) is 5.10 Å². The van der Waals surface area contributed by atoms with Crippen LogP contribution in [0.1, 0.15) is 41.6 Å². The van der Waals surface area contributed by atoms with Crippen LogP contribution in [0.15, 0.2) is 18.2 Å². The van der Waals surface area contributed by atoms with Crippen LogP contribution in [-0.2, 0) is 0 Å². The highest BCUT2D eigenvalue weighted by Gasteiger charge is 2.33. The minimum Gasteiger partial charge on any atom is -0.381 e. The number of nitrogen functional groups attached to an aromatic ring is 1. The van der Waals surface area contributed by atoms with Crippen LogP contribution < -0.4 is 5.73 Å². The summed E-state index contributed by atoms with van der Waals surface area (Å²) in [4.78, 5) is 22.3. The van der Waals surface area contributed by atoms with Gasteiger partial charge < -0.3 is 15.6 Å².